The summed E-state index contributed by atoms with van der Waals surface area (Å²) in [4.78, 5) is 32.6. The summed E-state index contributed by atoms with van der Waals surface area (Å²) in [5.74, 6) is -0.263. The smallest absolute Gasteiger partial charge is 0.334 e. The Morgan fingerprint density at radius 1 is 1.39 bits per heavy atom. The second kappa shape index (κ2) is 8.35. The minimum absolute atomic E-state index is 0.0146. The Morgan fingerprint density at radius 2 is 2.25 bits per heavy atom. The number of benzene rings is 1. The number of nitrogens with two attached hydrogens (primary N) is 1. The van der Waals surface area contributed by atoms with Gasteiger partial charge < -0.3 is 35.7 Å². The van der Waals surface area contributed by atoms with Gasteiger partial charge in [-0.2, -0.15) is 0 Å². The number of ether oxygens (including phenoxy) is 2. The van der Waals surface area contributed by atoms with Crippen molar-refractivity contribution < 1.29 is 29.3 Å². The number of aromatic amines is 1. The van der Waals surface area contributed by atoms with Gasteiger partial charge in [0.2, 0.25) is 5.91 Å². The van der Waals surface area contributed by atoms with E-state index in [4.69, 9.17) is 15.2 Å². The van der Waals surface area contributed by atoms with Crippen LogP contribution in [0.25, 0.3) is 0 Å². The van der Waals surface area contributed by atoms with Crippen LogP contribution in [-0.4, -0.2) is 56.3 Å². The maximum absolute atomic E-state index is 13.4. The van der Waals surface area contributed by atoms with Crippen LogP contribution >= 0.6 is 0 Å². The molecule has 36 heavy (non-hydrogen) atoms. The molecule has 1 aromatic carbocycles. The van der Waals surface area contributed by atoms with Crippen molar-refractivity contribution in [2.45, 2.75) is 68.1 Å². The molecule has 1 saturated carbocycles. The van der Waals surface area contributed by atoms with Crippen LogP contribution in [0.5, 0.6) is 11.5 Å². The van der Waals surface area contributed by atoms with Crippen LogP contribution in [0.15, 0.2) is 36.5 Å². The molecule has 6 N–H and O–H groups in total. The van der Waals surface area contributed by atoms with Crippen molar-refractivity contribution >= 4 is 11.9 Å². The highest BCUT2D eigenvalue weighted by Gasteiger charge is 2.70. The third kappa shape index (κ3) is 3.20. The fraction of sp³-hybridized carbons (Fsp3) is 0.500. The van der Waals surface area contributed by atoms with Gasteiger partial charge in [-0.1, -0.05) is 12.5 Å². The molecule has 1 fully saturated rings. The fourth-order valence-electron chi connectivity index (χ4n) is 6.93. The molecule has 10 nitrogen and oxygen atoms in total. The summed E-state index contributed by atoms with van der Waals surface area (Å²) in [7, 11) is 0. The highest BCUT2D eigenvalue weighted by molar-refractivity contribution is 5.85. The van der Waals surface area contributed by atoms with E-state index in [-0.39, 0.29) is 37.0 Å². The van der Waals surface area contributed by atoms with E-state index in [1.165, 1.54) is 6.33 Å². The third-order valence-electron chi connectivity index (χ3n) is 8.45. The molecule has 4 aliphatic rings. The summed E-state index contributed by atoms with van der Waals surface area (Å²) in [6.45, 7) is 0.158. The summed E-state index contributed by atoms with van der Waals surface area (Å²) in [5, 5.41) is 25.4. The van der Waals surface area contributed by atoms with E-state index in [0.29, 0.717) is 30.0 Å². The molecule has 1 aliphatic heterocycles. The zero-order valence-electron chi connectivity index (χ0n) is 19.8. The van der Waals surface area contributed by atoms with Crippen LogP contribution in [0.1, 0.15) is 48.9 Å². The van der Waals surface area contributed by atoms with E-state index in [2.05, 4.69) is 15.3 Å². The van der Waals surface area contributed by atoms with Crippen LogP contribution in [0, 0.1) is 5.92 Å². The van der Waals surface area contributed by atoms with Crippen LogP contribution in [0.3, 0.4) is 0 Å². The Morgan fingerprint density at radius 3 is 3.03 bits per heavy atom. The second-order valence-electron chi connectivity index (χ2n) is 10.3. The number of phenols is 1. The Bertz CT molecular complexity index is 1240. The van der Waals surface area contributed by atoms with Crippen molar-refractivity contribution in [2.24, 2.45) is 11.7 Å². The minimum atomic E-state index is -1.05. The van der Waals surface area contributed by atoms with Crippen molar-refractivity contribution in [2.75, 3.05) is 6.54 Å². The average molecular weight is 495 g/mol. The minimum Gasteiger partial charge on any atom is -0.504 e. The average Bonchev–Trinajstić information content (AvgIpc) is 3.47. The largest absolute Gasteiger partial charge is 0.504 e. The zero-order chi connectivity index (χ0) is 25.1. The van der Waals surface area contributed by atoms with Gasteiger partial charge in [0.15, 0.2) is 17.6 Å². The van der Waals surface area contributed by atoms with Gasteiger partial charge in [-0.3, -0.25) is 4.79 Å². The Hall–Kier alpha value is -3.37. The van der Waals surface area contributed by atoms with Gasteiger partial charge in [0.25, 0.3) is 0 Å². The number of hydrogen-bond donors (Lipinski definition) is 5. The lowest BCUT2D eigenvalue weighted by Crippen LogP contribution is -2.67. The molecule has 2 bridgehead atoms. The molecule has 0 unspecified atom stereocenters. The number of rotatable bonds is 7. The summed E-state index contributed by atoms with van der Waals surface area (Å²) in [5.41, 5.74) is 6.23. The van der Waals surface area contributed by atoms with Crippen molar-refractivity contribution in [1.82, 2.24) is 15.3 Å². The summed E-state index contributed by atoms with van der Waals surface area (Å²) < 4.78 is 12.3. The van der Waals surface area contributed by atoms with Gasteiger partial charge in [0.05, 0.1) is 17.3 Å². The van der Waals surface area contributed by atoms with Gasteiger partial charge in [0, 0.05) is 36.8 Å². The molecular formula is C26H30N4O6. The van der Waals surface area contributed by atoms with E-state index in [9.17, 15) is 19.8 Å². The maximum Gasteiger partial charge on any atom is 0.334 e. The number of phenolic OH excluding ortho intramolecular Hbond substituents is 1. The van der Waals surface area contributed by atoms with E-state index in [1.54, 1.807) is 18.3 Å². The van der Waals surface area contributed by atoms with Crippen molar-refractivity contribution in [3.05, 3.63) is 53.3 Å². The quantitative estimate of drug-likeness (QED) is 0.358. The number of esters is 1. The van der Waals surface area contributed by atoms with Gasteiger partial charge in [-0.15, -0.1) is 0 Å². The van der Waals surface area contributed by atoms with E-state index in [1.807, 2.05) is 6.07 Å². The molecule has 0 saturated heterocycles. The third-order valence-corrected chi connectivity index (χ3v) is 8.45. The number of carbonyl (C=O) groups excluding carboxylic acids is 2. The topological polar surface area (TPSA) is 160 Å². The molecule has 1 amide bonds. The summed E-state index contributed by atoms with van der Waals surface area (Å²) >= 11 is 0. The van der Waals surface area contributed by atoms with Crippen LogP contribution in [0.4, 0.5) is 0 Å². The first kappa shape index (κ1) is 23.1. The number of nitrogens with zero attached hydrogens (tertiary/aromatic N) is 1. The molecule has 190 valence electrons. The predicted molar refractivity (Wildman–Crippen MR) is 127 cm³/mol. The van der Waals surface area contributed by atoms with Crippen LogP contribution in [-0.2, 0) is 32.6 Å². The van der Waals surface area contributed by atoms with Gasteiger partial charge in [0.1, 0.15) is 11.8 Å². The predicted octanol–water partition coefficient (Wildman–Crippen LogP) is 1.11. The van der Waals surface area contributed by atoms with Crippen molar-refractivity contribution in [1.29, 1.82) is 0 Å². The number of carbonyl (C=O) groups is 2. The van der Waals surface area contributed by atoms with E-state index < -0.39 is 29.1 Å². The van der Waals surface area contributed by atoms with Crippen molar-refractivity contribution in [3.63, 3.8) is 0 Å². The maximum atomic E-state index is 13.4. The van der Waals surface area contributed by atoms with Crippen LogP contribution < -0.4 is 15.8 Å². The number of H-pyrrole nitrogens is 1. The molecule has 1 spiro atoms. The number of aromatic hydroxyl groups is 1. The normalized spacial score (nSPS) is 30.0. The number of hydrogen-bond acceptors (Lipinski definition) is 8. The lowest BCUT2D eigenvalue weighted by atomic mass is 9.47. The lowest BCUT2D eigenvalue weighted by molar-refractivity contribution is -0.161. The molecule has 1 aromatic heterocycles. The molecule has 10 heteroatoms. The SMILES string of the molecule is NCCC(=O)N[C@@H](Cc1cnc[nH]1)C(=O)OC1=CC[C@@]2(O)[C@@H]3CCC[C@@]24c2c(ccc(O)c2O[C@@H]14)C3. The Balaban J connectivity index is 1.34. The number of amides is 1. The summed E-state index contributed by atoms with van der Waals surface area (Å²) in [6.07, 6.45) is 7.82. The summed E-state index contributed by atoms with van der Waals surface area (Å²) in [6, 6.07) is 2.57. The standard InChI is InChI=1S/C26H30N4O6/c27-9-6-20(32)30-17(11-16-12-28-13-29-16)24(33)35-19-5-8-26(34)15-2-1-7-25(26)21-14(10-15)3-4-18(31)22(21)36-23(19)25/h3-5,12-13,15,17,23,31,34H,1-2,6-11,27H2,(H,28,29)(H,30,32)/t15-,17+,23+,25+,26-/m1/s1. The van der Waals surface area contributed by atoms with Gasteiger partial charge in [-0.25, -0.2) is 9.78 Å². The molecular weight excluding hydrogens is 464 g/mol. The highest BCUT2D eigenvalue weighted by atomic mass is 16.6. The first-order valence-corrected chi connectivity index (χ1v) is 12.5. The van der Waals surface area contributed by atoms with E-state index in [0.717, 1.165) is 30.4 Å². The molecule has 2 heterocycles. The second-order valence-corrected chi connectivity index (χ2v) is 10.3. The number of imidazole rings is 1. The fourth-order valence-corrected chi connectivity index (χ4v) is 6.93. The molecule has 5 atom stereocenters. The first-order valence-electron chi connectivity index (χ1n) is 12.5. The number of aromatic nitrogens is 2. The Labute approximate surface area is 207 Å². The highest BCUT2D eigenvalue weighted by Crippen LogP contribution is 2.67. The first-order chi connectivity index (χ1) is 17.4. The number of aliphatic hydroxyl groups is 1. The van der Waals surface area contributed by atoms with Crippen molar-refractivity contribution in [3.8, 4) is 11.5 Å². The lowest BCUT2D eigenvalue weighted by Gasteiger charge is -2.59. The molecule has 2 aromatic rings. The number of nitrogens with one attached hydrogen (secondary N) is 2. The van der Waals surface area contributed by atoms with Gasteiger partial charge >= 0.3 is 5.97 Å². The molecule has 0 radical (unpaired) electrons. The Kier molecular flexibility index (Phi) is 5.34. The molecule has 6 rings (SSSR count). The zero-order valence-corrected chi connectivity index (χ0v) is 19.8. The van der Waals surface area contributed by atoms with E-state index >= 15 is 0 Å². The monoisotopic (exact) mass is 494 g/mol. The molecule has 3 aliphatic carbocycles. The van der Waals surface area contributed by atoms with Crippen LogP contribution in [0.2, 0.25) is 0 Å². The van der Waals surface area contributed by atoms with Gasteiger partial charge in [-0.05, 0) is 49.3 Å².